The highest BCUT2D eigenvalue weighted by atomic mass is 32.2. The topological polar surface area (TPSA) is 92.7 Å². The number of furan rings is 1. The molecule has 3 heterocycles. The van der Waals surface area contributed by atoms with Gasteiger partial charge in [-0.3, -0.25) is 0 Å². The fourth-order valence-electron chi connectivity index (χ4n) is 3.55. The van der Waals surface area contributed by atoms with Gasteiger partial charge in [0, 0.05) is 43.9 Å². The van der Waals surface area contributed by atoms with Crippen molar-refractivity contribution in [2.75, 3.05) is 31.1 Å². The van der Waals surface area contributed by atoms with Crippen LogP contribution in [0.2, 0.25) is 0 Å². The number of sulfonamides is 1. The minimum absolute atomic E-state index is 0.0947. The van der Waals surface area contributed by atoms with Crippen LogP contribution < -0.4 is 4.90 Å². The van der Waals surface area contributed by atoms with E-state index in [-0.39, 0.29) is 5.09 Å². The fraction of sp³-hybridized carbons (Fsp3) is 0.400. The van der Waals surface area contributed by atoms with Crippen molar-refractivity contribution >= 4 is 15.7 Å². The predicted molar refractivity (Wildman–Crippen MR) is 106 cm³/mol. The number of benzene rings is 1. The molecule has 0 amide bonds. The third kappa shape index (κ3) is 3.56. The maximum atomic E-state index is 13.0. The summed E-state index contributed by atoms with van der Waals surface area (Å²) in [6, 6.07) is 9.70. The molecule has 2 aliphatic rings. The van der Waals surface area contributed by atoms with Gasteiger partial charge in [0.25, 0.3) is 15.9 Å². The van der Waals surface area contributed by atoms with Crippen LogP contribution in [0.3, 0.4) is 0 Å². The maximum absolute atomic E-state index is 13.0. The van der Waals surface area contributed by atoms with Crippen molar-refractivity contribution in [2.45, 2.75) is 30.8 Å². The second-order valence-corrected chi connectivity index (χ2v) is 9.47. The van der Waals surface area contributed by atoms with Crippen molar-refractivity contribution in [1.82, 2.24) is 14.5 Å². The Bertz CT molecular complexity index is 1120. The highest BCUT2D eigenvalue weighted by Crippen LogP contribution is 2.40. The third-order valence-corrected chi connectivity index (χ3v) is 7.16. The Kier molecular flexibility index (Phi) is 4.44. The Morgan fingerprint density at radius 3 is 2.59 bits per heavy atom. The van der Waals surface area contributed by atoms with Crippen LogP contribution in [0, 0.1) is 6.92 Å². The lowest BCUT2D eigenvalue weighted by Gasteiger charge is -2.35. The average Bonchev–Trinajstić information content (AvgIpc) is 3.25. The second-order valence-electron chi connectivity index (χ2n) is 7.60. The molecule has 1 saturated heterocycles. The lowest BCUT2D eigenvalue weighted by molar-refractivity contribution is 0.362. The Morgan fingerprint density at radius 2 is 1.86 bits per heavy atom. The van der Waals surface area contributed by atoms with Crippen LogP contribution in [0.15, 0.2) is 50.5 Å². The van der Waals surface area contributed by atoms with Gasteiger partial charge in [0.2, 0.25) is 11.0 Å². The summed E-state index contributed by atoms with van der Waals surface area (Å²) in [6.45, 7) is 4.11. The molecular formula is C20H22N4O4S. The highest BCUT2D eigenvalue weighted by Gasteiger charge is 2.33. The largest absolute Gasteiger partial charge is 0.451 e. The first-order valence-corrected chi connectivity index (χ1v) is 11.2. The molecule has 1 aromatic carbocycles. The smallest absolute Gasteiger partial charge is 0.276 e. The lowest BCUT2D eigenvalue weighted by atomic mass is 10.2. The molecule has 0 N–H and O–H groups in total. The van der Waals surface area contributed by atoms with Gasteiger partial charge in [-0.2, -0.15) is 4.31 Å². The summed E-state index contributed by atoms with van der Waals surface area (Å²) >= 11 is 0. The van der Waals surface area contributed by atoms with E-state index in [2.05, 4.69) is 40.2 Å². The average molecular weight is 414 g/mol. The summed E-state index contributed by atoms with van der Waals surface area (Å²) in [5.74, 6) is 1.25. The summed E-state index contributed by atoms with van der Waals surface area (Å²) in [5, 5.41) is 7.96. The van der Waals surface area contributed by atoms with Crippen LogP contribution in [0.1, 0.15) is 30.2 Å². The van der Waals surface area contributed by atoms with Gasteiger partial charge in [-0.05, 0) is 37.5 Å². The number of aromatic nitrogens is 2. The van der Waals surface area contributed by atoms with Crippen LogP contribution in [-0.2, 0) is 10.0 Å². The van der Waals surface area contributed by atoms with Gasteiger partial charge < -0.3 is 13.7 Å². The van der Waals surface area contributed by atoms with E-state index in [1.165, 1.54) is 22.2 Å². The molecule has 3 aromatic rings. The van der Waals surface area contributed by atoms with Gasteiger partial charge in [0.15, 0.2) is 0 Å². The van der Waals surface area contributed by atoms with E-state index in [0.29, 0.717) is 49.4 Å². The van der Waals surface area contributed by atoms with Crippen molar-refractivity contribution in [1.29, 1.82) is 0 Å². The zero-order valence-electron chi connectivity index (χ0n) is 16.1. The van der Waals surface area contributed by atoms with E-state index in [1.807, 2.05) is 6.07 Å². The summed E-state index contributed by atoms with van der Waals surface area (Å²) in [4.78, 5) is 2.20. The van der Waals surface area contributed by atoms with E-state index in [4.69, 9.17) is 8.83 Å². The minimum Gasteiger partial charge on any atom is -0.451 e. The zero-order chi connectivity index (χ0) is 20.0. The Balaban J connectivity index is 1.29. The molecule has 8 nitrogen and oxygen atoms in total. The predicted octanol–water partition coefficient (Wildman–Crippen LogP) is 3.03. The normalized spacial score (nSPS) is 18.3. The first kappa shape index (κ1) is 18.4. The molecule has 0 atom stereocenters. The maximum Gasteiger partial charge on any atom is 0.276 e. The molecule has 0 radical (unpaired) electrons. The number of hydrogen-bond acceptors (Lipinski definition) is 7. The Hall–Kier alpha value is -2.65. The summed E-state index contributed by atoms with van der Waals surface area (Å²) in [7, 11) is -3.71. The van der Waals surface area contributed by atoms with Gasteiger partial charge in [-0.25, -0.2) is 8.42 Å². The molecule has 29 heavy (non-hydrogen) atoms. The molecule has 2 aromatic heterocycles. The molecule has 152 valence electrons. The first-order valence-electron chi connectivity index (χ1n) is 9.75. The third-order valence-electron chi connectivity index (χ3n) is 5.39. The first-order chi connectivity index (χ1) is 14.0. The van der Waals surface area contributed by atoms with Gasteiger partial charge >= 0.3 is 0 Å². The number of piperazine rings is 1. The zero-order valence-corrected chi connectivity index (χ0v) is 16.9. The molecule has 1 aliphatic carbocycles. The summed E-state index contributed by atoms with van der Waals surface area (Å²) in [6.07, 6.45) is 3.47. The van der Waals surface area contributed by atoms with Gasteiger partial charge in [-0.15, -0.1) is 10.2 Å². The minimum atomic E-state index is -3.71. The van der Waals surface area contributed by atoms with Gasteiger partial charge in [0.1, 0.15) is 6.26 Å². The molecule has 0 unspecified atom stereocenters. The van der Waals surface area contributed by atoms with Crippen LogP contribution in [0.5, 0.6) is 0 Å². The monoisotopic (exact) mass is 414 g/mol. The Morgan fingerprint density at radius 1 is 1.07 bits per heavy atom. The van der Waals surface area contributed by atoms with Crippen molar-refractivity contribution < 1.29 is 17.3 Å². The highest BCUT2D eigenvalue weighted by molar-refractivity contribution is 7.89. The number of rotatable bonds is 5. The van der Waals surface area contributed by atoms with Gasteiger partial charge in [0.05, 0.1) is 5.56 Å². The molecule has 0 bridgehead atoms. The van der Waals surface area contributed by atoms with Crippen molar-refractivity contribution in [3.8, 4) is 11.5 Å². The van der Waals surface area contributed by atoms with Crippen molar-refractivity contribution in [3.63, 3.8) is 0 Å². The van der Waals surface area contributed by atoms with Crippen LogP contribution in [0.25, 0.3) is 11.5 Å². The molecule has 1 saturated carbocycles. The number of aryl methyl sites for hydroxylation is 1. The Labute approximate surface area is 169 Å². The van der Waals surface area contributed by atoms with Crippen molar-refractivity contribution in [2.24, 2.45) is 0 Å². The van der Waals surface area contributed by atoms with E-state index >= 15 is 0 Å². The molecule has 2 fully saturated rings. The van der Waals surface area contributed by atoms with Gasteiger partial charge in [-0.1, -0.05) is 12.1 Å². The van der Waals surface area contributed by atoms with E-state index in [1.54, 1.807) is 0 Å². The molecule has 1 aliphatic heterocycles. The number of hydrogen-bond donors (Lipinski definition) is 0. The van der Waals surface area contributed by atoms with E-state index in [9.17, 15) is 8.42 Å². The molecular weight excluding hydrogens is 392 g/mol. The molecule has 0 spiro atoms. The number of nitrogens with zero attached hydrogens (tertiary/aromatic N) is 4. The molecule has 5 rings (SSSR count). The van der Waals surface area contributed by atoms with E-state index in [0.717, 1.165) is 18.5 Å². The van der Waals surface area contributed by atoms with Crippen LogP contribution in [0.4, 0.5) is 5.69 Å². The standard InChI is InChI=1S/C20H22N4O4S/c1-14-3-2-4-17(11-14)23-7-9-24(10-8-23)29(25,26)18-12-16(13-27-18)20-22-21-19(28-20)15-5-6-15/h2-4,11-13,15H,5-10H2,1H3. The summed E-state index contributed by atoms with van der Waals surface area (Å²) < 4.78 is 38.5. The second kappa shape index (κ2) is 7.00. The van der Waals surface area contributed by atoms with Crippen LogP contribution in [-0.4, -0.2) is 49.1 Å². The summed E-state index contributed by atoms with van der Waals surface area (Å²) in [5.41, 5.74) is 2.79. The molecule has 9 heteroatoms. The fourth-order valence-corrected chi connectivity index (χ4v) is 4.89. The van der Waals surface area contributed by atoms with Crippen LogP contribution >= 0.6 is 0 Å². The SMILES string of the molecule is Cc1cccc(N2CCN(S(=O)(=O)c3cc(-c4nnc(C5CC5)o4)co3)CC2)c1. The van der Waals surface area contributed by atoms with E-state index < -0.39 is 10.0 Å². The van der Waals surface area contributed by atoms with Crippen molar-refractivity contribution in [3.05, 3.63) is 48.0 Å². The quantitative estimate of drug-likeness (QED) is 0.633. The number of anilines is 1. The lowest BCUT2D eigenvalue weighted by Crippen LogP contribution is -2.48.